The molecule has 2 N–H and O–H groups in total. The van der Waals surface area contributed by atoms with Gasteiger partial charge in [-0.15, -0.1) is 6.58 Å². The first-order valence-electron chi connectivity index (χ1n) is 7.85. The van der Waals surface area contributed by atoms with Crippen molar-refractivity contribution >= 4 is 16.9 Å². The molecule has 114 valence electrons. The highest BCUT2D eigenvalue weighted by Gasteiger charge is 2.42. The maximum Gasteiger partial charge on any atom is 0.307 e. The lowest BCUT2D eigenvalue weighted by Gasteiger charge is -2.45. The lowest BCUT2D eigenvalue weighted by atomic mass is 9.72. The Bertz CT molecular complexity index is 749. The van der Waals surface area contributed by atoms with Crippen molar-refractivity contribution in [2.24, 2.45) is 5.92 Å². The Morgan fingerprint density at radius 2 is 2.36 bits per heavy atom. The molecule has 2 aromatic rings. The molecule has 4 rings (SSSR count). The van der Waals surface area contributed by atoms with Crippen molar-refractivity contribution in [1.29, 1.82) is 0 Å². The number of hydrogen-bond acceptors (Lipinski definition) is 2. The summed E-state index contributed by atoms with van der Waals surface area (Å²) in [7, 11) is 0. The van der Waals surface area contributed by atoms with E-state index in [0.717, 1.165) is 19.4 Å². The molecule has 22 heavy (non-hydrogen) atoms. The number of nitrogens with zero attached hydrogens (tertiary/aromatic N) is 1. The number of aromatic amines is 1. The quantitative estimate of drug-likeness (QED) is 0.856. The highest BCUT2D eigenvalue weighted by molar-refractivity contribution is 5.88. The van der Waals surface area contributed by atoms with Gasteiger partial charge in [-0.2, -0.15) is 0 Å². The molecule has 1 aliphatic carbocycles. The smallest absolute Gasteiger partial charge is 0.307 e. The molecule has 0 bridgehead atoms. The van der Waals surface area contributed by atoms with Crippen LogP contribution in [0.1, 0.15) is 23.5 Å². The van der Waals surface area contributed by atoms with Crippen LogP contribution in [0.15, 0.2) is 37.1 Å². The number of benzene rings is 1. The van der Waals surface area contributed by atoms with Crippen LogP contribution in [0.25, 0.3) is 10.9 Å². The molecular formula is C18H20N2O2. The number of likely N-dealkylation sites (tertiary alicyclic amines) is 1. The fourth-order valence-electron chi connectivity index (χ4n) is 4.35. The number of nitrogens with one attached hydrogen (secondary N) is 1. The molecule has 1 aliphatic heterocycles. The summed E-state index contributed by atoms with van der Waals surface area (Å²) >= 11 is 0. The van der Waals surface area contributed by atoms with Crippen molar-refractivity contribution in [3.05, 3.63) is 48.2 Å². The van der Waals surface area contributed by atoms with E-state index in [4.69, 9.17) is 0 Å². The van der Waals surface area contributed by atoms with Crippen molar-refractivity contribution in [2.45, 2.75) is 24.8 Å². The Kier molecular flexibility index (Phi) is 3.08. The zero-order valence-electron chi connectivity index (χ0n) is 12.5. The Morgan fingerprint density at radius 3 is 3.14 bits per heavy atom. The molecule has 2 heterocycles. The van der Waals surface area contributed by atoms with Crippen molar-refractivity contribution in [3.63, 3.8) is 0 Å². The third kappa shape index (κ3) is 1.91. The number of carboxylic acid groups (broad SMARTS) is 1. The normalized spacial score (nSPS) is 27.5. The van der Waals surface area contributed by atoms with Crippen molar-refractivity contribution in [1.82, 2.24) is 9.88 Å². The summed E-state index contributed by atoms with van der Waals surface area (Å²) in [4.78, 5) is 17.2. The maximum atomic E-state index is 11.6. The lowest BCUT2D eigenvalue weighted by molar-refractivity contribution is -0.144. The molecular weight excluding hydrogens is 276 g/mol. The predicted molar refractivity (Wildman–Crippen MR) is 86.0 cm³/mol. The number of aliphatic carboxylic acids is 1. The van der Waals surface area contributed by atoms with Crippen LogP contribution >= 0.6 is 0 Å². The zero-order chi connectivity index (χ0) is 15.3. The minimum absolute atomic E-state index is 0.293. The molecule has 1 aromatic heterocycles. The topological polar surface area (TPSA) is 56.3 Å². The molecule has 4 heteroatoms. The average molecular weight is 296 g/mol. The van der Waals surface area contributed by atoms with Gasteiger partial charge in [0.2, 0.25) is 0 Å². The Labute approximate surface area is 129 Å². The van der Waals surface area contributed by atoms with Crippen LogP contribution < -0.4 is 0 Å². The fraction of sp³-hybridized carbons (Fsp3) is 0.389. The third-order valence-electron chi connectivity index (χ3n) is 5.29. The van der Waals surface area contributed by atoms with E-state index in [2.05, 4.69) is 40.9 Å². The molecule has 0 saturated carbocycles. The van der Waals surface area contributed by atoms with Crippen molar-refractivity contribution < 1.29 is 9.90 Å². The highest BCUT2D eigenvalue weighted by atomic mass is 16.4. The summed E-state index contributed by atoms with van der Waals surface area (Å²) in [5.74, 6) is -0.682. The number of carboxylic acids is 1. The Balaban J connectivity index is 1.82. The second-order valence-corrected chi connectivity index (χ2v) is 6.48. The first kappa shape index (κ1) is 13.6. The molecule has 1 aromatic carbocycles. The van der Waals surface area contributed by atoms with E-state index in [1.807, 2.05) is 6.08 Å². The van der Waals surface area contributed by atoms with Crippen molar-refractivity contribution in [3.8, 4) is 0 Å². The predicted octanol–water partition coefficient (Wildman–Crippen LogP) is 2.77. The minimum Gasteiger partial charge on any atom is -0.481 e. The molecule has 0 radical (unpaired) electrons. The number of H-pyrrole nitrogens is 1. The Hall–Kier alpha value is -2.07. The van der Waals surface area contributed by atoms with Crippen LogP contribution in [0.5, 0.6) is 0 Å². The van der Waals surface area contributed by atoms with Gasteiger partial charge in [0.25, 0.3) is 0 Å². The fourth-order valence-corrected chi connectivity index (χ4v) is 4.35. The van der Waals surface area contributed by atoms with Gasteiger partial charge in [-0.25, -0.2) is 0 Å². The van der Waals surface area contributed by atoms with E-state index in [1.54, 1.807) is 0 Å². The first-order chi connectivity index (χ1) is 10.7. The van der Waals surface area contributed by atoms with E-state index in [9.17, 15) is 9.90 Å². The molecule has 1 saturated heterocycles. The zero-order valence-corrected chi connectivity index (χ0v) is 12.5. The minimum atomic E-state index is -0.681. The summed E-state index contributed by atoms with van der Waals surface area (Å²) in [6.45, 7) is 5.21. The van der Waals surface area contributed by atoms with Gasteiger partial charge in [0.1, 0.15) is 0 Å². The largest absolute Gasteiger partial charge is 0.481 e. The lowest BCUT2D eigenvalue weighted by Crippen LogP contribution is -2.51. The standard InChI is InChI=1S/C18H20N2O2/c1-2-6-20-10-12(18(21)22)7-14-13-4-3-5-15-17(13)11(9-19-15)8-16(14)20/h2-5,9,12,14,16,19H,1,6-8,10H2,(H,21,22)/t12-,14?,16+/m0/s1. The monoisotopic (exact) mass is 296 g/mol. The van der Waals surface area contributed by atoms with Gasteiger partial charge < -0.3 is 10.1 Å². The molecule has 2 aliphatic rings. The summed E-state index contributed by atoms with van der Waals surface area (Å²) in [6, 6.07) is 6.72. The van der Waals surface area contributed by atoms with E-state index in [-0.39, 0.29) is 5.92 Å². The summed E-state index contributed by atoms with van der Waals surface area (Å²) < 4.78 is 0. The van der Waals surface area contributed by atoms with Gasteiger partial charge in [0.05, 0.1) is 5.92 Å². The first-order valence-corrected chi connectivity index (χ1v) is 7.85. The van der Waals surface area contributed by atoms with Crippen LogP contribution in [0.4, 0.5) is 0 Å². The average Bonchev–Trinajstić information content (AvgIpc) is 2.93. The SMILES string of the molecule is C=CCN1C[C@@H](C(=O)O)CC2c3cccc4[nH]cc(c34)C[C@H]21. The van der Waals surface area contributed by atoms with Crippen LogP contribution in [-0.4, -0.2) is 40.1 Å². The summed E-state index contributed by atoms with van der Waals surface area (Å²) in [5.41, 5.74) is 3.83. The van der Waals surface area contributed by atoms with E-state index >= 15 is 0 Å². The number of aromatic nitrogens is 1. The number of hydrogen-bond donors (Lipinski definition) is 2. The van der Waals surface area contributed by atoms with Gasteiger partial charge in [-0.3, -0.25) is 9.69 Å². The van der Waals surface area contributed by atoms with Crippen LogP contribution in [0.2, 0.25) is 0 Å². The third-order valence-corrected chi connectivity index (χ3v) is 5.29. The number of carbonyl (C=O) groups is 1. The van der Waals surface area contributed by atoms with E-state index < -0.39 is 5.97 Å². The molecule has 0 spiro atoms. The molecule has 0 amide bonds. The van der Waals surface area contributed by atoms with Gasteiger partial charge in [0.15, 0.2) is 0 Å². The van der Waals surface area contributed by atoms with Crippen LogP contribution in [0, 0.1) is 5.92 Å². The molecule has 1 unspecified atom stereocenters. The molecule has 3 atom stereocenters. The van der Waals surface area contributed by atoms with Gasteiger partial charge in [-0.05, 0) is 30.0 Å². The Morgan fingerprint density at radius 1 is 1.50 bits per heavy atom. The molecule has 4 nitrogen and oxygen atoms in total. The second kappa shape index (κ2) is 4.99. The second-order valence-electron chi connectivity index (χ2n) is 6.48. The summed E-state index contributed by atoms with van der Waals surface area (Å²) in [5, 5.41) is 10.8. The van der Waals surface area contributed by atoms with E-state index in [1.165, 1.54) is 22.0 Å². The van der Waals surface area contributed by atoms with E-state index in [0.29, 0.717) is 18.5 Å². The molecule has 1 fully saturated rings. The summed E-state index contributed by atoms with van der Waals surface area (Å²) in [6.07, 6.45) is 5.72. The van der Waals surface area contributed by atoms with Gasteiger partial charge in [-0.1, -0.05) is 18.2 Å². The van der Waals surface area contributed by atoms with Crippen LogP contribution in [-0.2, 0) is 11.2 Å². The number of rotatable bonds is 3. The van der Waals surface area contributed by atoms with Gasteiger partial charge in [0, 0.05) is 42.1 Å². The number of fused-ring (bicyclic) bond motifs is 2. The van der Waals surface area contributed by atoms with Crippen LogP contribution in [0.3, 0.4) is 0 Å². The van der Waals surface area contributed by atoms with Gasteiger partial charge >= 0.3 is 5.97 Å². The highest BCUT2D eigenvalue weighted by Crippen LogP contribution is 2.44. The maximum absolute atomic E-state index is 11.6. The number of piperidine rings is 1. The van der Waals surface area contributed by atoms with Crippen molar-refractivity contribution in [2.75, 3.05) is 13.1 Å².